The van der Waals surface area contributed by atoms with E-state index in [1.54, 1.807) is 14.2 Å². The molecule has 0 aliphatic carbocycles. The van der Waals surface area contributed by atoms with Gasteiger partial charge in [0.15, 0.2) is 11.6 Å². The van der Waals surface area contributed by atoms with Crippen LogP contribution < -0.4 is 26.2 Å². The monoisotopic (exact) mass is 469 g/mol. The molecule has 0 radical (unpaired) electrons. The predicted octanol–water partition coefficient (Wildman–Crippen LogP) is 2.70. The molecule has 0 atom stereocenters. The number of nitrogens with one attached hydrogen (secondary N) is 2. The van der Waals surface area contributed by atoms with Gasteiger partial charge in [0.05, 0.1) is 18.2 Å². The number of aliphatic hydroxyl groups is 1. The number of fused-ring (bicyclic) bond motifs is 1. The van der Waals surface area contributed by atoms with Gasteiger partial charge in [-0.25, -0.2) is 5.84 Å². The third kappa shape index (κ3) is 4.95. The number of piperidine rings is 1. The second kappa shape index (κ2) is 10.2. The van der Waals surface area contributed by atoms with Gasteiger partial charge in [-0.05, 0) is 42.7 Å². The Kier molecular flexibility index (Phi) is 7.12. The van der Waals surface area contributed by atoms with Crippen molar-refractivity contribution in [2.45, 2.75) is 25.5 Å². The fourth-order valence-electron chi connectivity index (χ4n) is 4.01. The Morgan fingerprint density at radius 1 is 1.21 bits per heavy atom. The molecule has 1 aliphatic rings. The first-order chi connectivity index (χ1) is 16.0. The minimum Gasteiger partial charge on any atom is -0.495 e. The van der Waals surface area contributed by atoms with Gasteiger partial charge in [-0.15, -0.1) is 10.2 Å². The first-order valence-electron chi connectivity index (χ1n) is 10.8. The van der Waals surface area contributed by atoms with Gasteiger partial charge >= 0.3 is 0 Å². The molecule has 0 spiro atoms. The second-order valence-corrected chi connectivity index (χ2v) is 8.30. The average Bonchev–Trinajstić information content (AvgIpc) is 2.84. The largest absolute Gasteiger partial charge is 0.495 e. The minimum atomic E-state index is -0.261. The van der Waals surface area contributed by atoms with Crippen LogP contribution in [0.5, 0.6) is 5.75 Å². The number of aliphatic imine (C=N–C) groups is 1. The van der Waals surface area contributed by atoms with Crippen LogP contribution in [0.4, 0.5) is 11.6 Å². The van der Waals surface area contributed by atoms with Gasteiger partial charge in [-0.1, -0.05) is 23.7 Å². The van der Waals surface area contributed by atoms with E-state index in [1.807, 2.05) is 36.4 Å². The number of hydrogen-bond acceptors (Lipinski definition) is 8. The zero-order chi connectivity index (χ0) is 23.4. The Morgan fingerprint density at radius 3 is 2.67 bits per heavy atom. The molecule has 1 saturated heterocycles. The number of hydrogen-bond donors (Lipinski definition) is 4. The van der Waals surface area contributed by atoms with E-state index in [0.29, 0.717) is 41.8 Å². The number of nitrogens with zero attached hydrogens (tertiary/aromatic N) is 4. The summed E-state index contributed by atoms with van der Waals surface area (Å²) < 4.78 is 5.23. The van der Waals surface area contributed by atoms with Crippen molar-refractivity contribution in [3.8, 4) is 5.75 Å². The summed E-state index contributed by atoms with van der Waals surface area (Å²) in [6.07, 6.45) is 1.16. The Hall–Kier alpha value is -3.14. The van der Waals surface area contributed by atoms with E-state index in [-0.39, 0.29) is 6.10 Å². The van der Waals surface area contributed by atoms with Crippen LogP contribution in [0.25, 0.3) is 10.8 Å². The van der Waals surface area contributed by atoms with Crippen molar-refractivity contribution in [2.24, 2.45) is 10.8 Å². The number of halogens is 1. The van der Waals surface area contributed by atoms with Gasteiger partial charge in [0, 0.05) is 43.0 Å². The first kappa shape index (κ1) is 23.0. The fourth-order valence-corrected chi connectivity index (χ4v) is 4.29. The summed E-state index contributed by atoms with van der Waals surface area (Å²) in [5.41, 5.74) is 4.47. The van der Waals surface area contributed by atoms with Gasteiger partial charge in [-0.3, -0.25) is 4.99 Å². The maximum atomic E-state index is 9.89. The van der Waals surface area contributed by atoms with Gasteiger partial charge in [0.25, 0.3) is 0 Å². The van der Waals surface area contributed by atoms with Crippen molar-refractivity contribution >= 4 is 39.8 Å². The highest BCUT2D eigenvalue weighted by Crippen LogP contribution is 2.32. The number of rotatable bonds is 6. The lowest BCUT2D eigenvalue weighted by Crippen LogP contribution is -2.36. The van der Waals surface area contributed by atoms with E-state index in [9.17, 15) is 5.11 Å². The molecule has 0 bridgehead atoms. The molecule has 0 amide bonds. The normalized spacial score (nSPS) is 15.1. The Bertz CT molecular complexity index is 1160. The van der Waals surface area contributed by atoms with Crippen molar-refractivity contribution in [2.75, 3.05) is 37.5 Å². The summed E-state index contributed by atoms with van der Waals surface area (Å²) in [5, 5.41) is 24.7. The highest BCUT2D eigenvalue weighted by atomic mass is 35.5. The van der Waals surface area contributed by atoms with Crippen LogP contribution in [-0.4, -0.2) is 54.5 Å². The maximum Gasteiger partial charge on any atom is 0.159 e. The van der Waals surface area contributed by atoms with Crippen LogP contribution in [0.1, 0.15) is 24.0 Å². The SMILES string of the molecule is CN=C(NN)c1ccc2c(N3CCC(O)CC3)nnc(NCc3ccc(OC)c(Cl)c3)c2c1. The van der Waals surface area contributed by atoms with E-state index >= 15 is 0 Å². The van der Waals surface area contributed by atoms with E-state index < -0.39 is 0 Å². The van der Waals surface area contributed by atoms with E-state index in [0.717, 1.165) is 40.8 Å². The number of anilines is 2. The third-order valence-electron chi connectivity index (χ3n) is 5.83. The molecule has 33 heavy (non-hydrogen) atoms. The highest BCUT2D eigenvalue weighted by Gasteiger charge is 2.22. The summed E-state index contributed by atoms with van der Waals surface area (Å²) in [4.78, 5) is 6.38. The maximum absolute atomic E-state index is 9.89. The number of hydrazine groups is 1. The summed E-state index contributed by atoms with van der Waals surface area (Å²) in [6.45, 7) is 1.97. The molecule has 10 heteroatoms. The van der Waals surface area contributed by atoms with E-state index in [1.165, 1.54) is 0 Å². The molecule has 3 aromatic rings. The van der Waals surface area contributed by atoms with Crippen molar-refractivity contribution in [3.05, 3.63) is 52.5 Å². The van der Waals surface area contributed by atoms with Crippen molar-refractivity contribution in [1.82, 2.24) is 15.6 Å². The number of aromatic nitrogens is 2. The van der Waals surface area contributed by atoms with Crippen LogP contribution in [0.3, 0.4) is 0 Å². The first-order valence-corrected chi connectivity index (χ1v) is 11.1. The molecule has 4 rings (SSSR count). The second-order valence-electron chi connectivity index (χ2n) is 7.89. The van der Waals surface area contributed by atoms with Gasteiger partial charge in [0.2, 0.25) is 0 Å². The molecule has 5 N–H and O–H groups in total. The quantitative estimate of drug-likeness (QED) is 0.188. The van der Waals surface area contributed by atoms with E-state index in [4.69, 9.17) is 22.2 Å². The lowest BCUT2D eigenvalue weighted by atomic mass is 10.0. The van der Waals surface area contributed by atoms with Crippen molar-refractivity contribution in [3.63, 3.8) is 0 Å². The van der Waals surface area contributed by atoms with E-state index in [2.05, 4.69) is 30.8 Å². The fraction of sp³-hybridized carbons (Fsp3) is 0.348. The topological polar surface area (TPSA) is 121 Å². The summed E-state index contributed by atoms with van der Waals surface area (Å²) in [5.74, 6) is 8.30. The smallest absolute Gasteiger partial charge is 0.159 e. The lowest BCUT2D eigenvalue weighted by Gasteiger charge is -2.31. The lowest BCUT2D eigenvalue weighted by molar-refractivity contribution is 0.145. The number of nitrogens with two attached hydrogens (primary N) is 1. The predicted molar refractivity (Wildman–Crippen MR) is 132 cm³/mol. The highest BCUT2D eigenvalue weighted by molar-refractivity contribution is 6.32. The molecule has 0 saturated carbocycles. The van der Waals surface area contributed by atoms with Gasteiger partial charge in [-0.2, -0.15) is 0 Å². The number of amidine groups is 1. The van der Waals surface area contributed by atoms with Crippen molar-refractivity contribution in [1.29, 1.82) is 0 Å². The number of methoxy groups -OCH3 is 1. The summed E-state index contributed by atoms with van der Waals surface area (Å²) in [7, 11) is 3.27. The molecule has 174 valence electrons. The Balaban J connectivity index is 1.70. The number of ether oxygens (including phenoxy) is 1. The Morgan fingerprint density at radius 2 is 2.00 bits per heavy atom. The van der Waals surface area contributed by atoms with Crippen LogP contribution in [0, 0.1) is 0 Å². The van der Waals surface area contributed by atoms with Gasteiger partial charge < -0.3 is 25.5 Å². The minimum absolute atomic E-state index is 0.261. The molecule has 2 aromatic carbocycles. The standard InChI is InChI=1S/C23H28ClN7O2/c1-26-21(28-25)15-4-5-17-18(12-15)22(27-13-14-3-6-20(33-2)19(24)11-14)29-30-23(17)31-9-7-16(32)8-10-31/h3-6,11-12,16,32H,7-10,13,25H2,1-2H3,(H,26,28)(H,27,29). The average molecular weight is 470 g/mol. The zero-order valence-corrected chi connectivity index (χ0v) is 19.4. The molecule has 1 aromatic heterocycles. The van der Waals surface area contributed by atoms with Crippen LogP contribution >= 0.6 is 11.6 Å². The zero-order valence-electron chi connectivity index (χ0n) is 18.7. The molecule has 2 heterocycles. The third-order valence-corrected chi connectivity index (χ3v) is 6.13. The Labute approximate surface area is 197 Å². The van der Waals surface area contributed by atoms with Crippen LogP contribution in [0.15, 0.2) is 41.4 Å². The van der Waals surface area contributed by atoms with Gasteiger partial charge in [0.1, 0.15) is 11.6 Å². The molecule has 0 unspecified atom stereocenters. The summed E-state index contributed by atoms with van der Waals surface area (Å²) in [6, 6.07) is 11.6. The summed E-state index contributed by atoms with van der Waals surface area (Å²) >= 11 is 6.27. The van der Waals surface area contributed by atoms with Crippen LogP contribution in [-0.2, 0) is 6.54 Å². The van der Waals surface area contributed by atoms with Crippen molar-refractivity contribution < 1.29 is 9.84 Å². The number of benzene rings is 2. The molecule has 1 fully saturated rings. The molecular weight excluding hydrogens is 442 g/mol. The van der Waals surface area contributed by atoms with Crippen LogP contribution in [0.2, 0.25) is 5.02 Å². The number of aliphatic hydroxyl groups excluding tert-OH is 1. The molecular formula is C23H28ClN7O2. The molecule has 1 aliphatic heterocycles. The molecule has 9 nitrogen and oxygen atoms in total.